The second-order valence-electron chi connectivity index (χ2n) is 6.29. The Bertz CT molecular complexity index is 984. The van der Waals surface area contributed by atoms with Crippen LogP contribution >= 0.6 is 0 Å². The van der Waals surface area contributed by atoms with Crippen molar-refractivity contribution in [2.24, 2.45) is 0 Å². The van der Waals surface area contributed by atoms with Crippen molar-refractivity contribution < 1.29 is 9.18 Å². The van der Waals surface area contributed by atoms with Crippen LogP contribution in [0.3, 0.4) is 0 Å². The Kier molecular flexibility index (Phi) is 6.95. The summed E-state index contributed by atoms with van der Waals surface area (Å²) in [6, 6.07) is 7.06. The van der Waals surface area contributed by atoms with Crippen molar-refractivity contribution in [1.82, 2.24) is 29.6 Å². The number of pyridine rings is 1. The zero-order chi connectivity index (χ0) is 20.5. The molecule has 3 aromatic heterocycles. The van der Waals surface area contributed by atoms with Gasteiger partial charge in [0.05, 0.1) is 23.0 Å². The van der Waals surface area contributed by atoms with Crippen LogP contribution in [-0.4, -0.2) is 55.3 Å². The molecule has 0 saturated carbocycles. The first-order chi connectivity index (χ1) is 14.2. The van der Waals surface area contributed by atoms with E-state index in [4.69, 9.17) is 5.26 Å². The van der Waals surface area contributed by atoms with E-state index in [-0.39, 0.29) is 12.5 Å². The molecule has 29 heavy (non-hydrogen) atoms. The predicted octanol–water partition coefficient (Wildman–Crippen LogP) is 2.50. The minimum Gasteiger partial charge on any atom is -0.336 e. The molecule has 0 atom stereocenters. The minimum absolute atomic E-state index is 0.0112. The number of carbonyl (C=O) groups is 1. The smallest absolute Gasteiger partial charge is 0.256 e. The van der Waals surface area contributed by atoms with Gasteiger partial charge in [0.2, 0.25) is 0 Å². The van der Waals surface area contributed by atoms with Gasteiger partial charge in [-0.05, 0) is 31.0 Å². The lowest BCUT2D eigenvalue weighted by atomic mass is 10.1. The van der Waals surface area contributed by atoms with Gasteiger partial charge in [0.15, 0.2) is 0 Å². The van der Waals surface area contributed by atoms with Gasteiger partial charge < -0.3 is 4.90 Å². The summed E-state index contributed by atoms with van der Waals surface area (Å²) in [5, 5.41) is 12.9. The Balaban J connectivity index is 1.66. The second-order valence-corrected chi connectivity index (χ2v) is 6.29. The number of hydrogen-bond donors (Lipinski definition) is 0. The molecule has 0 aliphatic heterocycles. The quantitative estimate of drug-likeness (QED) is 0.518. The highest BCUT2D eigenvalue weighted by Gasteiger charge is 2.20. The summed E-state index contributed by atoms with van der Waals surface area (Å²) in [4.78, 5) is 26.9. The number of hydrogen-bond acceptors (Lipinski definition) is 6. The number of amides is 1. The number of aromatic nitrogens is 5. The normalized spacial score (nSPS) is 10.5. The van der Waals surface area contributed by atoms with E-state index in [1.54, 1.807) is 41.5 Å². The van der Waals surface area contributed by atoms with Crippen molar-refractivity contribution in [3.63, 3.8) is 0 Å². The van der Waals surface area contributed by atoms with Gasteiger partial charge in [-0.25, -0.2) is 14.4 Å². The molecule has 0 aliphatic carbocycles. The first kappa shape index (κ1) is 20.1. The number of aryl methyl sites for hydroxylation is 1. The van der Waals surface area contributed by atoms with Gasteiger partial charge in [-0.1, -0.05) is 0 Å². The molecule has 1 amide bonds. The molecule has 0 aromatic carbocycles. The standard InChI is InChI=1S/C20H20FN7O/c21-6-11-27(9-1-2-10-28-14-16(12-22)13-26-28)20(29)17-4-3-7-24-19(17)18-5-8-23-15-25-18/h3-5,7-8,13-15H,1-2,6,9-11H2. The van der Waals surface area contributed by atoms with Crippen molar-refractivity contribution in [2.45, 2.75) is 19.4 Å². The number of carbonyl (C=O) groups excluding carboxylic acids is 1. The highest BCUT2D eigenvalue weighted by molar-refractivity contribution is 5.99. The van der Waals surface area contributed by atoms with Gasteiger partial charge in [-0.3, -0.25) is 14.5 Å². The fraction of sp³-hybridized carbons (Fsp3) is 0.300. The van der Waals surface area contributed by atoms with Crippen LogP contribution in [0.25, 0.3) is 11.4 Å². The van der Waals surface area contributed by atoms with E-state index < -0.39 is 6.67 Å². The molecule has 0 fully saturated rings. The van der Waals surface area contributed by atoms with E-state index >= 15 is 0 Å². The van der Waals surface area contributed by atoms with Crippen LogP contribution in [0.1, 0.15) is 28.8 Å². The van der Waals surface area contributed by atoms with Crippen molar-refractivity contribution in [1.29, 1.82) is 5.26 Å². The van der Waals surface area contributed by atoms with Gasteiger partial charge in [0.25, 0.3) is 5.91 Å². The van der Waals surface area contributed by atoms with Gasteiger partial charge >= 0.3 is 0 Å². The third-order valence-electron chi connectivity index (χ3n) is 4.33. The van der Waals surface area contributed by atoms with Crippen LogP contribution in [-0.2, 0) is 6.54 Å². The molecule has 0 aliphatic rings. The summed E-state index contributed by atoms with van der Waals surface area (Å²) in [5.41, 5.74) is 1.87. The summed E-state index contributed by atoms with van der Waals surface area (Å²) < 4.78 is 14.8. The Hall–Kier alpha value is -3.67. The second kappa shape index (κ2) is 10.0. The minimum atomic E-state index is -0.625. The molecule has 0 spiro atoms. The third-order valence-corrected chi connectivity index (χ3v) is 4.33. The van der Waals surface area contributed by atoms with E-state index in [1.807, 2.05) is 6.07 Å². The first-order valence-electron chi connectivity index (χ1n) is 9.22. The lowest BCUT2D eigenvalue weighted by molar-refractivity contribution is 0.0741. The van der Waals surface area contributed by atoms with Gasteiger partial charge in [-0.2, -0.15) is 10.4 Å². The maximum Gasteiger partial charge on any atom is 0.256 e. The zero-order valence-electron chi connectivity index (χ0n) is 15.8. The number of unbranched alkanes of at least 4 members (excludes halogenated alkanes) is 1. The van der Waals surface area contributed by atoms with Gasteiger partial charge in [0, 0.05) is 38.2 Å². The molecule has 8 nitrogen and oxygen atoms in total. The predicted molar refractivity (Wildman–Crippen MR) is 103 cm³/mol. The lowest BCUT2D eigenvalue weighted by Crippen LogP contribution is -2.34. The van der Waals surface area contributed by atoms with Crippen LogP contribution < -0.4 is 0 Å². The SMILES string of the molecule is N#Cc1cnn(CCCCN(CCF)C(=O)c2cccnc2-c2ccncn2)c1. The zero-order valence-corrected chi connectivity index (χ0v) is 15.8. The maximum atomic E-state index is 13.1. The van der Waals surface area contributed by atoms with E-state index in [9.17, 15) is 9.18 Å². The summed E-state index contributed by atoms with van der Waals surface area (Å²) in [5.74, 6) is -0.282. The van der Waals surface area contributed by atoms with E-state index in [0.717, 1.165) is 6.42 Å². The highest BCUT2D eigenvalue weighted by Crippen LogP contribution is 2.20. The molecule has 3 rings (SSSR count). The Labute approximate surface area is 167 Å². The van der Waals surface area contributed by atoms with Crippen LogP contribution in [0.2, 0.25) is 0 Å². The monoisotopic (exact) mass is 393 g/mol. The average Bonchev–Trinajstić information content (AvgIpc) is 3.24. The molecule has 0 radical (unpaired) electrons. The number of halogens is 1. The largest absolute Gasteiger partial charge is 0.336 e. The fourth-order valence-electron chi connectivity index (χ4n) is 2.92. The lowest BCUT2D eigenvalue weighted by Gasteiger charge is -2.22. The average molecular weight is 393 g/mol. The Morgan fingerprint density at radius 3 is 2.83 bits per heavy atom. The van der Waals surface area contributed by atoms with Crippen molar-refractivity contribution >= 4 is 5.91 Å². The molecule has 0 unspecified atom stereocenters. The number of nitrogens with zero attached hydrogens (tertiary/aromatic N) is 7. The van der Waals surface area contributed by atoms with Crippen molar-refractivity contribution in [3.8, 4) is 17.5 Å². The van der Waals surface area contributed by atoms with E-state index in [1.165, 1.54) is 17.4 Å². The summed E-state index contributed by atoms with van der Waals surface area (Å²) in [6.07, 6.45) is 9.17. The highest BCUT2D eigenvalue weighted by atomic mass is 19.1. The molecule has 148 valence electrons. The Morgan fingerprint density at radius 1 is 1.21 bits per heavy atom. The van der Waals surface area contributed by atoms with Crippen LogP contribution in [0.4, 0.5) is 4.39 Å². The maximum absolute atomic E-state index is 13.1. The molecule has 0 saturated heterocycles. The van der Waals surface area contributed by atoms with Crippen molar-refractivity contribution in [2.75, 3.05) is 19.8 Å². The molecule has 3 aromatic rings. The first-order valence-corrected chi connectivity index (χ1v) is 9.22. The van der Waals surface area contributed by atoms with Crippen LogP contribution in [0.5, 0.6) is 0 Å². The molecule has 3 heterocycles. The molecule has 0 bridgehead atoms. The van der Waals surface area contributed by atoms with Crippen LogP contribution in [0, 0.1) is 11.3 Å². The molecular weight excluding hydrogens is 373 g/mol. The summed E-state index contributed by atoms with van der Waals surface area (Å²) in [6.45, 7) is 0.419. The molecule has 0 N–H and O–H groups in total. The summed E-state index contributed by atoms with van der Waals surface area (Å²) >= 11 is 0. The molecule has 9 heteroatoms. The van der Waals surface area contributed by atoms with E-state index in [2.05, 4.69) is 20.1 Å². The van der Waals surface area contributed by atoms with Gasteiger partial charge in [-0.15, -0.1) is 0 Å². The van der Waals surface area contributed by atoms with Crippen molar-refractivity contribution in [3.05, 3.63) is 60.4 Å². The van der Waals surface area contributed by atoms with Gasteiger partial charge in [0.1, 0.15) is 24.8 Å². The van der Waals surface area contributed by atoms with Crippen LogP contribution in [0.15, 0.2) is 49.3 Å². The molecular formula is C20H20FN7O. The number of alkyl halides is 1. The third kappa shape index (κ3) is 5.19. The number of rotatable bonds is 9. The topological polar surface area (TPSA) is 101 Å². The summed E-state index contributed by atoms with van der Waals surface area (Å²) in [7, 11) is 0. The van der Waals surface area contributed by atoms with E-state index in [0.29, 0.717) is 42.0 Å². The Morgan fingerprint density at radius 2 is 2.10 bits per heavy atom. The fourth-order valence-corrected chi connectivity index (χ4v) is 2.92. The number of nitriles is 1.